The van der Waals surface area contributed by atoms with E-state index >= 15 is 0 Å². The Morgan fingerprint density at radius 1 is 1.05 bits per heavy atom. The summed E-state index contributed by atoms with van der Waals surface area (Å²) in [5, 5.41) is 0. The number of rotatable bonds is 2. The van der Waals surface area contributed by atoms with Crippen LogP contribution in [0.1, 0.15) is 22.8 Å². The molecule has 1 heterocycles. The van der Waals surface area contributed by atoms with Crippen molar-refractivity contribution in [2.45, 2.75) is 13.0 Å². The fraction of sp³-hybridized carbons (Fsp3) is 0.176. The Labute approximate surface area is 113 Å². The summed E-state index contributed by atoms with van der Waals surface area (Å²) in [7, 11) is 1.67. The first-order valence-corrected chi connectivity index (χ1v) is 6.36. The predicted molar refractivity (Wildman–Crippen MR) is 76.6 cm³/mol. The van der Waals surface area contributed by atoms with Gasteiger partial charge in [-0.05, 0) is 42.3 Å². The molecule has 2 aromatic carbocycles. The minimum Gasteiger partial charge on any atom is -0.497 e. The van der Waals surface area contributed by atoms with E-state index in [2.05, 4.69) is 37.3 Å². The second kappa shape index (κ2) is 4.81. The Morgan fingerprint density at radius 3 is 2.58 bits per heavy atom. The Bertz CT molecular complexity index is 612. The monoisotopic (exact) mass is 252 g/mol. The number of benzene rings is 2. The van der Waals surface area contributed by atoms with Crippen LogP contribution < -0.4 is 9.47 Å². The average Bonchev–Trinajstić information content (AvgIpc) is 2.46. The van der Waals surface area contributed by atoms with Crippen LogP contribution in [0.3, 0.4) is 0 Å². The first kappa shape index (κ1) is 11.8. The molecule has 1 atom stereocenters. The number of hydrogen-bond acceptors (Lipinski definition) is 2. The van der Waals surface area contributed by atoms with Gasteiger partial charge in [-0.2, -0.15) is 0 Å². The van der Waals surface area contributed by atoms with Gasteiger partial charge in [-0.1, -0.05) is 30.3 Å². The summed E-state index contributed by atoms with van der Waals surface area (Å²) in [6.07, 6.45) is 4.17. The highest BCUT2D eigenvalue weighted by molar-refractivity contribution is 5.61. The first-order chi connectivity index (χ1) is 9.26. The van der Waals surface area contributed by atoms with E-state index in [4.69, 9.17) is 9.47 Å². The molecule has 3 rings (SSSR count). The quantitative estimate of drug-likeness (QED) is 0.799. The normalized spacial score (nSPS) is 16.6. The molecular formula is C17H16O2. The summed E-state index contributed by atoms with van der Waals surface area (Å²) in [5.74, 6) is 1.81. The molecule has 96 valence electrons. The Balaban J connectivity index is 1.88. The van der Waals surface area contributed by atoms with Crippen molar-refractivity contribution in [3.05, 3.63) is 65.2 Å². The zero-order chi connectivity index (χ0) is 13.2. The summed E-state index contributed by atoms with van der Waals surface area (Å²) in [6.45, 7) is 2.07. The molecule has 0 saturated carbocycles. The molecule has 0 aliphatic carbocycles. The molecule has 2 nitrogen and oxygen atoms in total. The lowest BCUT2D eigenvalue weighted by molar-refractivity contribution is 0.251. The van der Waals surface area contributed by atoms with Gasteiger partial charge in [-0.15, -0.1) is 0 Å². The van der Waals surface area contributed by atoms with Crippen molar-refractivity contribution in [3.8, 4) is 11.5 Å². The van der Waals surface area contributed by atoms with E-state index in [-0.39, 0.29) is 6.10 Å². The van der Waals surface area contributed by atoms with Crippen LogP contribution in [-0.2, 0) is 0 Å². The lowest BCUT2D eigenvalue weighted by atomic mass is 10.0. The fourth-order valence-corrected chi connectivity index (χ4v) is 2.22. The van der Waals surface area contributed by atoms with Crippen LogP contribution >= 0.6 is 0 Å². The third-order valence-electron chi connectivity index (χ3n) is 3.32. The lowest BCUT2D eigenvalue weighted by Crippen LogP contribution is -2.08. The number of ether oxygens (including phenoxy) is 2. The molecule has 19 heavy (non-hydrogen) atoms. The largest absolute Gasteiger partial charge is 0.497 e. The third kappa shape index (κ3) is 2.34. The van der Waals surface area contributed by atoms with Crippen molar-refractivity contribution in [1.29, 1.82) is 0 Å². The van der Waals surface area contributed by atoms with Crippen molar-refractivity contribution < 1.29 is 9.47 Å². The topological polar surface area (TPSA) is 18.5 Å². The molecular weight excluding hydrogens is 236 g/mol. The Morgan fingerprint density at radius 2 is 1.84 bits per heavy atom. The minimum atomic E-state index is -0.0276. The summed E-state index contributed by atoms with van der Waals surface area (Å²) in [6, 6.07) is 14.3. The van der Waals surface area contributed by atoms with Crippen LogP contribution in [0.25, 0.3) is 6.08 Å². The zero-order valence-corrected chi connectivity index (χ0v) is 11.1. The molecule has 0 N–H and O–H groups in total. The SMILES string of the molecule is COc1ccc(C2C=Cc3ccc(C)cc3O2)cc1. The molecule has 1 aliphatic rings. The Kier molecular flexibility index (Phi) is 3.00. The van der Waals surface area contributed by atoms with Gasteiger partial charge in [0.25, 0.3) is 0 Å². The molecule has 0 aromatic heterocycles. The zero-order valence-electron chi connectivity index (χ0n) is 11.1. The second-order valence-corrected chi connectivity index (χ2v) is 4.71. The van der Waals surface area contributed by atoms with Crippen molar-refractivity contribution >= 4 is 6.08 Å². The third-order valence-corrected chi connectivity index (χ3v) is 3.32. The molecule has 2 heteroatoms. The predicted octanol–water partition coefficient (Wildman–Crippen LogP) is 4.15. The van der Waals surface area contributed by atoms with Crippen molar-refractivity contribution in [3.63, 3.8) is 0 Å². The second-order valence-electron chi connectivity index (χ2n) is 4.71. The van der Waals surface area contributed by atoms with E-state index in [0.29, 0.717) is 0 Å². The van der Waals surface area contributed by atoms with Gasteiger partial charge in [-0.3, -0.25) is 0 Å². The molecule has 1 unspecified atom stereocenters. The van der Waals surface area contributed by atoms with E-state index < -0.39 is 0 Å². The maximum atomic E-state index is 6.04. The fourth-order valence-electron chi connectivity index (χ4n) is 2.22. The number of fused-ring (bicyclic) bond motifs is 1. The van der Waals surface area contributed by atoms with Crippen LogP contribution in [0.5, 0.6) is 11.5 Å². The maximum Gasteiger partial charge on any atom is 0.142 e. The van der Waals surface area contributed by atoms with Gasteiger partial charge in [0, 0.05) is 5.56 Å². The van der Waals surface area contributed by atoms with E-state index in [1.807, 2.05) is 24.3 Å². The summed E-state index contributed by atoms with van der Waals surface area (Å²) in [5.41, 5.74) is 3.47. The van der Waals surface area contributed by atoms with Crippen molar-refractivity contribution in [2.24, 2.45) is 0 Å². The molecule has 2 aromatic rings. The van der Waals surface area contributed by atoms with Gasteiger partial charge in [-0.25, -0.2) is 0 Å². The van der Waals surface area contributed by atoms with E-state index in [9.17, 15) is 0 Å². The number of aryl methyl sites for hydroxylation is 1. The van der Waals surface area contributed by atoms with E-state index in [1.165, 1.54) is 5.56 Å². The van der Waals surface area contributed by atoms with Crippen LogP contribution in [0.4, 0.5) is 0 Å². The first-order valence-electron chi connectivity index (χ1n) is 6.36. The van der Waals surface area contributed by atoms with E-state index in [0.717, 1.165) is 22.6 Å². The Hall–Kier alpha value is -2.22. The van der Waals surface area contributed by atoms with Gasteiger partial charge in [0.1, 0.15) is 17.6 Å². The van der Waals surface area contributed by atoms with Crippen LogP contribution in [0, 0.1) is 6.92 Å². The number of methoxy groups -OCH3 is 1. The smallest absolute Gasteiger partial charge is 0.142 e. The highest BCUT2D eigenvalue weighted by Gasteiger charge is 2.16. The van der Waals surface area contributed by atoms with Crippen LogP contribution in [0.2, 0.25) is 0 Å². The molecule has 0 bridgehead atoms. The molecule has 0 spiro atoms. The standard InChI is InChI=1S/C17H16O2/c1-12-3-4-14-7-10-16(19-17(14)11-12)13-5-8-15(18-2)9-6-13/h3-11,16H,1-2H3. The molecule has 0 amide bonds. The summed E-state index contributed by atoms with van der Waals surface area (Å²) < 4.78 is 11.2. The highest BCUT2D eigenvalue weighted by Crippen LogP contribution is 2.33. The minimum absolute atomic E-state index is 0.0276. The lowest BCUT2D eigenvalue weighted by Gasteiger charge is -2.22. The van der Waals surface area contributed by atoms with Gasteiger partial charge in [0.15, 0.2) is 0 Å². The van der Waals surface area contributed by atoms with Gasteiger partial charge < -0.3 is 9.47 Å². The highest BCUT2D eigenvalue weighted by atomic mass is 16.5. The van der Waals surface area contributed by atoms with Crippen molar-refractivity contribution in [2.75, 3.05) is 7.11 Å². The molecule has 0 fully saturated rings. The van der Waals surface area contributed by atoms with Crippen LogP contribution in [0.15, 0.2) is 48.5 Å². The van der Waals surface area contributed by atoms with Gasteiger partial charge in [0.05, 0.1) is 7.11 Å². The maximum absolute atomic E-state index is 6.04. The van der Waals surface area contributed by atoms with Crippen molar-refractivity contribution in [1.82, 2.24) is 0 Å². The molecule has 1 aliphatic heterocycles. The summed E-state index contributed by atoms with van der Waals surface area (Å²) >= 11 is 0. The van der Waals surface area contributed by atoms with E-state index in [1.54, 1.807) is 7.11 Å². The molecule has 0 radical (unpaired) electrons. The summed E-state index contributed by atoms with van der Waals surface area (Å²) in [4.78, 5) is 0. The van der Waals surface area contributed by atoms with Gasteiger partial charge >= 0.3 is 0 Å². The average molecular weight is 252 g/mol. The number of hydrogen-bond donors (Lipinski definition) is 0. The van der Waals surface area contributed by atoms with Gasteiger partial charge in [0.2, 0.25) is 0 Å². The van der Waals surface area contributed by atoms with Crippen LogP contribution in [-0.4, -0.2) is 7.11 Å². The molecule has 0 saturated heterocycles.